The molecule has 2 heterocycles. The van der Waals surface area contributed by atoms with E-state index in [-0.39, 0.29) is 0 Å². The zero-order chi connectivity index (χ0) is 17.6. The summed E-state index contributed by atoms with van der Waals surface area (Å²) in [6, 6.07) is 14.4. The predicted molar refractivity (Wildman–Crippen MR) is 99.9 cm³/mol. The normalized spacial score (nSPS) is 11.9. The molecule has 0 aliphatic carbocycles. The number of thiazole rings is 1. The van der Waals surface area contributed by atoms with Crippen molar-refractivity contribution < 1.29 is 8.42 Å². The standard InChI is InChI=1S/C17H12ClN3O2S2/c1-25(22,23)14-7-5-11(6-8-14)16-15(12-3-2-4-13(18)9-12)21-17(24-16)19-10-20-21/h2-10H,1H3. The third-order valence-corrected chi connectivity index (χ3v) is 6.24. The molecular weight excluding hydrogens is 378 g/mol. The van der Waals surface area contributed by atoms with Gasteiger partial charge in [0.15, 0.2) is 9.84 Å². The highest BCUT2D eigenvalue weighted by atomic mass is 35.5. The van der Waals surface area contributed by atoms with Crippen molar-refractivity contribution in [3.8, 4) is 21.7 Å². The first-order valence-corrected chi connectivity index (χ1v) is 10.4. The molecule has 0 fully saturated rings. The van der Waals surface area contributed by atoms with Gasteiger partial charge < -0.3 is 0 Å². The van der Waals surface area contributed by atoms with Gasteiger partial charge in [0.1, 0.15) is 6.33 Å². The van der Waals surface area contributed by atoms with Crippen molar-refractivity contribution in [3.63, 3.8) is 0 Å². The van der Waals surface area contributed by atoms with Crippen LogP contribution >= 0.6 is 22.9 Å². The average Bonchev–Trinajstić information content (AvgIpc) is 3.14. The number of aromatic nitrogens is 3. The summed E-state index contributed by atoms with van der Waals surface area (Å²) in [5, 5.41) is 4.94. The number of nitrogens with zero attached hydrogens (tertiary/aromatic N) is 3. The summed E-state index contributed by atoms with van der Waals surface area (Å²) < 4.78 is 25.1. The highest BCUT2D eigenvalue weighted by Crippen LogP contribution is 2.39. The van der Waals surface area contributed by atoms with Crippen LogP contribution in [0.5, 0.6) is 0 Å². The number of fused-ring (bicyclic) bond motifs is 1. The molecule has 8 heteroatoms. The van der Waals surface area contributed by atoms with Crippen molar-refractivity contribution in [2.75, 3.05) is 6.26 Å². The van der Waals surface area contributed by atoms with E-state index < -0.39 is 9.84 Å². The monoisotopic (exact) mass is 389 g/mol. The molecule has 25 heavy (non-hydrogen) atoms. The molecule has 0 N–H and O–H groups in total. The Morgan fingerprint density at radius 1 is 1.08 bits per heavy atom. The molecule has 0 aliphatic heterocycles. The van der Waals surface area contributed by atoms with Crippen LogP contribution in [0.4, 0.5) is 0 Å². The summed E-state index contributed by atoms with van der Waals surface area (Å²) in [7, 11) is -3.23. The first-order valence-electron chi connectivity index (χ1n) is 7.32. The van der Waals surface area contributed by atoms with Crippen LogP contribution in [0.3, 0.4) is 0 Å². The predicted octanol–water partition coefficient (Wildman–Crippen LogP) is 4.18. The first-order chi connectivity index (χ1) is 11.9. The van der Waals surface area contributed by atoms with E-state index in [0.717, 1.165) is 26.7 Å². The van der Waals surface area contributed by atoms with Gasteiger partial charge in [0.05, 0.1) is 15.5 Å². The van der Waals surface area contributed by atoms with E-state index in [1.807, 2.05) is 24.3 Å². The Hall–Kier alpha value is -2.22. The third kappa shape index (κ3) is 2.95. The highest BCUT2D eigenvalue weighted by Gasteiger charge is 2.18. The molecule has 0 spiro atoms. The first kappa shape index (κ1) is 16.3. The molecule has 0 amide bonds. The van der Waals surface area contributed by atoms with Gasteiger partial charge in [-0.15, -0.1) is 0 Å². The van der Waals surface area contributed by atoms with Gasteiger partial charge in [0.2, 0.25) is 4.96 Å². The summed E-state index contributed by atoms with van der Waals surface area (Å²) in [6.45, 7) is 0. The molecule has 0 saturated heterocycles. The van der Waals surface area contributed by atoms with Gasteiger partial charge in [0.25, 0.3) is 0 Å². The maximum Gasteiger partial charge on any atom is 0.213 e. The number of benzene rings is 2. The third-order valence-electron chi connectivity index (χ3n) is 3.78. The van der Waals surface area contributed by atoms with E-state index >= 15 is 0 Å². The zero-order valence-electron chi connectivity index (χ0n) is 13.0. The molecule has 0 aliphatic rings. The zero-order valence-corrected chi connectivity index (χ0v) is 15.4. The van der Waals surface area contributed by atoms with E-state index in [2.05, 4.69) is 10.1 Å². The van der Waals surface area contributed by atoms with Gasteiger partial charge in [0, 0.05) is 16.8 Å². The van der Waals surface area contributed by atoms with Crippen LogP contribution in [0.1, 0.15) is 0 Å². The minimum Gasteiger partial charge on any atom is -0.224 e. The van der Waals surface area contributed by atoms with Crippen LogP contribution in [0.15, 0.2) is 59.8 Å². The summed E-state index contributed by atoms with van der Waals surface area (Å²) >= 11 is 7.64. The van der Waals surface area contributed by atoms with E-state index in [1.165, 1.54) is 23.9 Å². The molecule has 0 atom stereocenters. The van der Waals surface area contributed by atoms with Crippen LogP contribution in [0.25, 0.3) is 26.7 Å². The maximum absolute atomic E-state index is 11.7. The molecule has 0 saturated carbocycles. The maximum atomic E-state index is 11.7. The van der Waals surface area contributed by atoms with Gasteiger partial charge in [-0.3, -0.25) is 0 Å². The van der Waals surface area contributed by atoms with E-state index in [9.17, 15) is 8.42 Å². The van der Waals surface area contributed by atoms with Gasteiger partial charge >= 0.3 is 0 Å². The molecule has 5 nitrogen and oxygen atoms in total. The molecule has 126 valence electrons. The van der Waals surface area contributed by atoms with Crippen molar-refractivity contribution in [3.05, 3.63) is 59.9 Å². The van der Waals surface area contributed by atoms with Crippen LogP contribution in [0.2, 0.25) is 5.02 Å². The van der Waals surface area contributed by atoms with E-state index in [4.69, 9.17) is 11.6 Å². The van der Waals surface area contributed by atoms with Gasteiger partial charge in [-0.2, -0.15) is 5.10 Å². The summed E-state index contributed by atoms with van der Waals surface area (Å²) in [5.41, 5.74) is 2.71. The molecule has 2 aromatic carbocycles. The number of sulfone groups is 1. The molecule has 0 bridgehead atoms. The Balaban J connectivity index is 1.93. The fourth-order valence-corrected chi connectivity index (χ4v) is 4.51. The van der Waals surface area contributed by atoms with Gasteiger partial charge in [-0.25, -0.2) is 17.9 Å². The Labute approximate surface area is 153 Å². The Bertz CT molecular complexity index is 1180. The lowest BCUT2D eigenvalue weighted by Gasteiger charge is -2.06. The quantitative estimate of drug-likeness (QED) is 0.527. The van der Waals surface area contributed by atoms with E-state index in [0.29, 0.717) is 9.92 Å². The van der Waals surface area contributed by atoms with Gasteiger partial charge in [-0.1, -0.05) is 47.2 Å². The Morgan fingerprint density at radius 2 is 1.84 bits per heavy atom. The summed E-state index contributed by atoms with van der Waals surface area (Å²) in [4.78, 5) is 6.28. The largest absolute Gasteiger partial charge is 0.224 e. The molecule has 4 rings (SSSR count). The second kappa shape index (κ2) is 5.94. The molecule has 2 aromatic heterocycles. The second-order valence-electron chi connectivity index (χ2n) is 5.54. The molecule has 4 aromatic rings. The smallest absolute Gasteiger partial charge is 0.213 e. The fraction of sp³-hybridized carbons (Fsp3) is 0.0588. The lowest BCUT2D eigenvalue weighted by atomic mass is 10.1. The summed E-state index contributed by atoms with van der Waals surface area (Å²) in [6.07, 6.45) is 2.71. The minimum absolute atomic E-state index is 0.292. The lowest BCUT2D eigenvalue weighted by molar-refractivity contribution is 0.602. The summed E-state index contributed by atoms with van der Waals surface area (Å²) in [5.74, 6) is 0. The fourth-order valence-electron chi connectivity index (χ4n) is 2.63. The highest BCUT2D eigenvalue weighted by molar-refractivity contribution is 7.90. The molecular formula is C17H12ClN3O2S2. The SMILES string of the molecule is CS(=O)(=O)c1ccc(-c2sc3ncnn3c2-c2cccc(Cl)c2)cc1. The van der Waals surface area contributed by atoms with Crippen molar-refractivity contribution >= 4 is 37.7 Å². The van der Waals surface area contributed by atoms with Crippen LogP contribution in [-0.2, 0) is 9.84 Å². The van der Waals surface area contributed by atoms with Crippen LogP contribution < -0.4 is 0 Å². The Kier molecular flexibility index (Phi) is 3.87. The molecule has 0 radical (unpaired) electrons. The van der Waals surface area contributed by atoms with Crippen LogP contribution in [-0.4, -0.2) is 29.3 Å². The van der Waals surface area contributed by atoms with Crippen LogP contribution in [0, 0.1) is 0 Å². The number of hydrogen-bond donors (Lipinski definition) is 0. The second-order valence-corrected chi connectivity index (χ2v) is 8.97. The van der Waals surface area contributed by atoms with Crippen molar-refractivity contribution in [1.29, 1.82) is 0 Å². The van der Waals surface area contributed by atoms with Crippen molar-refractivity contribution in [2.24, 2.45) is 0 Å². The van der Waals surface area contributed by atoms with Crippen molar-refractivity contribution in [2.45, 2.75) is 4.90 Å². The van der Waals surface area contributed by atoms with Crippen molar-refractivity contribution in [1.82, 2.24) is 14.6 Å². The minimum atomic E-state index is -3.23. The van der Waals surface area contributed by atoms with Gasteiger partial charge in [-0.05, 0) is 29.8 Å². The molecule has 0 unspecified atom stereocenters. The topological polar surface area (TPSA) is 64.3 Å². The number of rotatable bonds is 3. The van der Waals surface area contributed by atoms with E-state index in [1.54, 1.807) is 28.8 Å². The number of hydrogen-bond acceptors (Lipinski definition) is 5. The lowest BCUT2D eigenvalue weighted by Crippen LogP contribution is -1.96. The Morgan fingerprint density at radius 3 is 2.52 bits per heavy atom. The average molecular weight is 390 g/mol. The number of halogens is 1.